The summed E-state index contributed by atoms with van der Waals surface area (Å²) in [5, 5.41) is 12.5. The van der Waals surface area contributed by atoms with Crippen LogP contribution < -0.4 is 5.32 Å². The summed E-state index contributed by atoms with van der Waals surface area (Å²) in [4.78, 5) is 12.9. The van der Waals surface area contributed by atoms with Gasteiger partial charge in [0.05, 0.1) is 11.6 Å². The molecule has 0 radical (unpaired) electrons. The summed E-state index contributed by atoms with van der Waals surface area (Å²) in [6, 6.07) is 27.2. The Bertz CT molecular complexity index is 957. The first kappa shape index (κ1) is 18.4. The van der Waals surface area contributed by atoms with E-state index in [4.69, 9.17) is 0 Å². The molecule has 0 spiro atoms. The van der Waals surface area contributed by atoms with Crippen molar-refractivity contribution in [3.63, 3.8) is 0 Å². The van der Waals surface area contributed by atoms with Gasteiger partial charge in [0.1, 0.15) is 0 Å². The lowest BCUT2D eigenvalue weighted by Gasteiger charge is -2.17. The van der Waals surface area contributed by atoms with Crippen molar-refractivity contribution in [2.75, 3.05) is 6.54 Å². The van der Waals surface area contributed by atoms with Gasteiger partial charge in [-0.1, -0.05) is 73.7 Å². The van der Waals surface area contributed by atoms with Gasteiger partial charge >= 0.3 is 0 Å². The minimum atomic E-state index is -0.118. The van der Waals surface area contributed by atoms with Crippen molar-refractivity contribution in [2.45, 2.75) is 19.3 Å². The van der Waals surface area contributed by atoms with Gasteiger partial charge < -0.3 is 5.32 Å². The number of nitriles is 1. The number of carbonyl (C=O) groups is 1. The molecule has 0 fully saturated rings. The van der Waals surface area contributed by atoms with Crippen LogP contribution in [0, 0.1) is 11.3 Å². The molecule has 0 aliphatic carbocycles. The highest BCUT2D eigenvalue weighted by Crippen LogP contribution is 2.27. The predicted octanol–water partition coefficient (Wildman–Crippen LogP) is 5.15. The van der Waals surface area contributed by atoms with Gasteiger partial charge in [-0.15, -0.1) is 0 Å². The number of hydrogen-bond acceptors (Lipinski definition) is 2. The summed E-state index contributed by atoms with van der Waals surface area (Å²) >= 11 is 0. The third kappa shape index (κ3) is 4.24. The average molecular weight is 354 g/mol. The van der Waals surface area contributed by atoms with Crippen molar-refractivity contribution < 1.29 is 4.79 Å². The Hall–Kier alpha value is -3.38. The second-order valence-electron chi connectivity index (χ2n) is 6.43. The molecule has 1 N–H and O–H groups in total. The zero-order chi connectivity index (χ0) is 19.1. The normalized spacial score (nSPS) is 11.4. The Balaban J connectivity index is 1.83. The van der Waals surface area contributed by atoms with Crippen molar-refractivity contribution in [1.82, 2.24) is 5.32 Å². The van der Waals surface area contributed by atoms with Crippen LogP contribution in [0.2, 0.25) is 0 Å². The van der Waals surface area contributed by atoms with E-state index < -0.39 is 0 Å². The molecule has 134 valence electrons. The van der Waals surface area contributed by atoms with Crippen LogP contribution in [0.1, 0.15) is 40.7 Å². The molecule has 0 heterocycles. The molecule has 3 aromatic rings. The van der Waals surface area contributed by atoms with Crippen LogP contribution in [0.15, 0.2) is 78.9 Å². The van der Waals surface area contributed by atoms with E-state index in [1.807, 2.05) is 60.7 Å². The molecule has 3 heteroatoms. The second-order valence-corrected chi connectivity index (χ2v) is 6.43. The SMILES string of the molecule is CC[C@@H](CNC(=O)c1ccccc1-c1ccccc1C#N)c1ccccc1. The third-order valence-electron chi connectivity index (χ3n) is 4.78. The first-order valence-electron chi connectivity index (χ1n) is 9.16. The molecule has 3 aromatic carbocycles. The van der Waals surface area contributed by atoms with Gasteiger partial charge in [-0.3, -0.25) is 4.79 Å². The maximum atomic E-state index is 12.9. The average Bonchev–Trinajstić information content (AvgIpc) is 2.74. The molecule has 0 unspecified atom stereocenters. The fraction of sp³-hybridized carbons (Fsp3) is 0.167. The van der Waals surface area contributed by atoms with Gasteiger partial charge in [0.2, 0.25) is 0 Å². The Morgan fingerprint density at radius 3 is 2.26 bits per heavy atom. The summed E-state index contributed by atoms with van der Waals surface area (Å²) in [5.74, 6) is 0.154. The molecule has 0 saturated heterocycles. The van der Waals surface area contributed by atoms with Crippen LogP contribution >= 0.6 is 0 Å². The largest absolute Gasteiger partial charge is 0.351 e. The topological polar surface area (TPSA) is 52.9 Å². The molecule has 27 heavy (non-hydrogen) atoms. The maximum Gasteiger partial charge on any atom is 0.251 e. The standard InChI is InChI=1S/C24H22N2O/c1-2-18(19-10-4-3-5-11-19)17-26-24(27)23-15-9-8-14-22(23)21-13-7-6-12-20(21)16-25/h3-15,18H,2,17H2,1H3,(H,26,27)/t18-/m0/s1. The van der Waals surface area contributed by atoms with Gasteiger partial charge in [-0.2, -0.15) is 5.26 Å². The Morgan fingerprint density at radius 1 is 0.926 bits per heavy atom. The lowest BCUT2D eigenvalue weighted by Crippen LogP contribution is -2.28. The first-order chi connectivity index (χ1) is 13.2. The van der Waals surface area contributed by atoms with Gasteiger partial charge in [-0.05, 0) is 29.7 Å². The van der Waals surface area contributed by atoms with Crippen molar-refractivity contribution in [3.8, 4) is 17.2 Å². The number of carbonyl (C=O) groups excluding carboxylic acids is 1. The molecule has 3 nitrogen and oxygen atoms in total. The molecular weight excluding hydrogens is 332 g/mol. The molecular formula is C24H22N2O. The highest BCUT2D eigenvalue weighted by Gasteiger charge is 2.16. The number of hydrogen-bond donors (Lipinski definition) is 1. The van der Waals surface area contributed by atoms with E-state index >= 15 is 0 Å². The minimum absolute atomic E-state index is 0.118. The highest BCUT2D eigenvalue weighted by molar-refractivity contribution is 6.01. The molecule has 0 saturated carbocycles. The van der Waals surface area contributed by atoms with Gasteiger partial charge in [-0.25, -0.2) is 0 Å². The van der Waals surface area contributed by atoms with E-state index in [1.54, 1.807) is 6.07 Å². The second kappa shape index (κ2) is 8.82. The lowest BCUT2D eigenvalue weighted by atomic mass is 9.94. The molecule has 0 aromatic heterocycles. The highest BCUT2D eigenvalue weighted by atomic mass is 16.1. The lowest BCUT2D eigenvalue weighted by molar-refractivity contribution is 0.0951. The number of nitrogens with zero attached hydrogens (tertiary/aromatic N) is 1. The predicted molar refractivity (Wildman–Crippen MR) is 108 cm³/mol. The fourth-order valence-corrected chi connectivity index (χ4v) is 3.27. The van der Waals surface area contributed by atoms with Gasteiger partial charge in [0.15, 0.2) is 0 Å². The van der Waals surface area contributed by atoms with E-state index in [0.29, 0.717) is 17.7 Å². The summed E-state index contributed by atoms with van der Waals surface area (Å²) < 4.78 is 0. The first-order valence-corrected chi connectivity index (χ1v) is 9.16. The zero-order valence-corrected chi connectivity index (χ0v) is 15.4. The zero-order valence-electron chi connectivity index (χ0n) is 15.4. The van der Waals surface area contributed by atoms with E-state index in [9.17, 15) is 10.1 Å². The van der Waals surface area contributed by atoms with E-state index in [-0.39, 0.29) is 11.8 Å². The van der Waals surface area contributed by atoms with Crippen LogP contribution in [0.5, 0.6) is 0 Å². The van der Waals surface area contributed by atoms with E-state index in [2.05, 4.69) is 30.4 Å². The monoisotopic (exact) mass is 354 g/mol. The van der Waals surface area contributed by atoms with Crippen LogP contribution in [0.25, 0.3) is 11.1 Å². The van der Waals surface area contributed by atoms with Crippen LogP contribution in [-0.4, -0.2) is 12.5 Å². The molecule has 3 rings (SSSR count). The molecule has 1 amide bonds. The van der Waals surface area contributed by atoms with Gasteiger partial charge in [0, 0.05) is 23.6 Å². The Labute approximate surface area is 160 Å². The molecule has 0 bridgehead atoms. The van der Waals surface area contributed by atoms with Crippen molar-refractivity contribution >= 4 is 5.91 Å². The van der Waals surface area contributed by atoms with E-state index in [1.165, 1.54) is 5.56 Å². The summed E-state index contributed by atoms with van der Waals surface area (Å²) in [5.41, 5.74) is 3.93. The minimum Gasteiger partial charge on any atom is -0.351 e. The Morgan fingerprint density at radius 2 is 1.56 bits per heavy atom. The van der Waals surface area contributed by atoms with Crippen LogP contribution in [-0.2, 0) is 0 Å². The van der Waals surface area contributed by atoms with Crippen LogP contribution in [0.3, 0.4) is 0 Å². The molecule has 0 aliphatic heterocycles. The van der Waals surface area contributed by atoms with Crippen molar-refractivity contribution in [1.29, 1.82) is 5.26 Å². The summed E-state index contributed by atoms with van der Waals surface area (Å²) in [6.45, 7) is 2.70. The number of benzene rings is 3. The number of rotatable bonds is 6. The van der Waals surface area contributed by atoms with E-state index in [0.717, 1.165) is 17.5 Å². The van der Waals surface area contributed by atoms with Crippen molar-refractivity contribution in [3.05, 3.63) is 95.6 Å². The molecule has 1 atom stereocenters. The maximum absolute atomic E-state index is 12.9. The quantitative estimate of drug-likeness (QED) is 0.665. The van der Waals surface area contributed by atoms with Crippen LogP contribution in [0.4, 0.5) is 0 Å². The molecule has 0 aliphatic rings. The summed E-state index contributed by atoms with van der Waals surface area (Å²) in [7, 11) is 0. The number of amides is 1. The van der Waals surface area contributed by atoms with Crippen molar-refractivity contribution in [2.24, 2.45) is 0 Å². The van der Waals surface area contributed by atoms with Gasteiger partial charge in [0.25, 0.3) is 5.91 Å². The smallest absolute Gasteiger partial charge is 0.251 e. The third-order valence-corrected chi connectivity index (χ3v) is 4.78. The number of nitrogens with one attached hydrogen (secondary N) is 1. The summed E-state index contributed by atoms with van der Waals surface area (Å²) in [6.07, 6.45) is 0.948. The fourth-order valence-electron chi connectivity index (χ4n) is 3.27. The Kier molecular flexibility index (Phi) is 6.02.